The Balaban J connectivity index is 2.64. The van der Waals surface area contributed by atoms with Crippen LogP contribution in [0, 0.1) is 0 Å². The van der Waals surface area contributed by atoms with Crippen molar-refractivity contribution in [3.63, 3.8) is 0 Å². The Morgan fingerprint density at radius 2 is 1.85 bits per heavy atom. The van der Waals surface area contributed by atoms with Gasteiger partial charge in [0, 0.05) is 0 Å². The van der Waals surface area contributed by atoms with Gasteiger partial charge in [-0.05, 0) is 0 Å². The minimum Gasteiger partial charge on any atom is -0.344 e. The van der Waals surface area contributed by atoms with Gasteiger partial charge in [-0.1, -0.05) is 23.2 Å². The second kappa shape index (κ2) is 3.32. The maximum Gasteiger partial charge on any atom is 0.143 e. The summed E-state index contributed by atoms with van der Waals surface area (Å²) in [5, 5.41) is 0.619. The largest absolute Gasteiger partial charge is 0.344 e. The number of aromatic amines is 1. The van der Waals surface area contributed by atoms with Crippen LogP contribution in [0.2, 0.25) is 10.3 Å². The predicted octanol–water partition coefficient (Wildman–Crippen LogP) is 2.17. The van der Waals surface area contributed by atoms with E-state index in [1.54, 1.807) is 6.20 Å². The third kappa shape index (κ3) is 1.50. The van der Waals surface area contributed by atoms with Crippen molar-refractivity contribution in [1.82, 2.24) is 19.9 Å². The summed E-state index contributed by atoms with van der Waals surface area (Å²) < 4.78 is 0. The molecule has 0 radical (unpaired) electrons. The average Bonchev–Trinajstić information content (AvgIpc) is 2.57. The highest BCUT2D eigenvalue weighted by molar-refractivity contribution is 6.37. The minimum atomic E-state index is 0.309. The lowest BCUT2D eigenvalue weighted by molar-refractivity contribution is 1.16. The van der Waals surface area contributed by atoms with E-state index in [4.69, 9.17) is 23.2 Å². The summed E-state index contributed by atoms with van der Waals surface area (Å²) in [7, 11) is 0. The van der Waals surface area contributed by atoms with E-state index >= 15 is 0 Å². The zero-order valence-corrected chi connectivity index (χ0v) is 7.84. The number of halogens is 2. The normalized spacial score (nSPS) is 10.3. The molecule has 2 rings (SSSR count). The van der Waals surface area contributed by atoms with Crippen molar-refractivity contribution in [1.29, 1.82) is 0 Å². The van der Waals surface area contributed by atoms with E-state index in [1.807, 2.05) is 0 Å². The Hall–Kier alpha value is -1.13. The molecule has 0 aliphatic heterocycles. The molecule has 0 bridgehead atoms. The van der Waals surface area contributed by atoms with Gasteiger partial charge in [0.05, 0.1) is 23.8 Å². The molecule has 4 nitrogen and oxygen atoms in total. The van der Waals surface area contributed by atoms with Crippen molar-refractivity contribution in [2.75, 3.05) is 0 Å². The molecule has 0 aliphatic carbocycles. The Bertz CT molecular complexity index is 392. The monoisotopic (exact) mass is 214 g/mol. The highest BCUT2D eigenvalue weighted by Gasteiger charge is 2.10. The molecule has 0 saturated carbocycles. The van der Waals surface area contributed by atoms with Crippen LogP contribution in [0.5, 0.6) is 0 Å². The molecule has 66 valence electrons. The summed E-state index contributed by atoms with van der Waals surface area (Å²) in [6.45, 7) is 0. The smallest absolute Gasteiger partial charge is 0.143 e. The van der Waals surface area contributed by atoms with Gasteiger partial charge in [-0.15, -0.1) is 0 Å². The lowest BCUT2D eigenvalue weighted by atomic mass is 10.3. The van der Waals surface area contributed by atoms with Crippen molar-refractivity contribution in [2.24, 2.45) is 0 Å². The van der Waals surface area contributed by atoms with E-state index in [0.717, 1.165) is 0 Å². The van der Waals surface area contributed by atoms with Gasteiger partial charge in [-0.2, -0.15) is 0 Å². The van der Waals surface area contributed by atoms with Crippen molar-refractivity contribution in [2.45, 2.75) is 0 Å². The van der Waals surface area contributed by atoms with Gasteiger partial charge in [-0.3, -0.25) is 0 Å². The first-order valence-electron chi connectivity index (χ1n) is 3.44. The standard InChI is InChI=1S/C7H4Cl2N4/c8-6-5(4-1-10-2-11-4)7(9)13-3-12-6/h1-3H,(H,10,11). The fourth-order valence-corrected chi connectivity index (χ4v) is 1.48. The number of nitrogens with zero attached hydrogens (tertiary/aromatic N) is 3. The van der Waals surface area contributed by atoms with Crippen LogP contribution < -0.4 is 0 Å². The summed E-state index contributed by atoms with van der Waals surface area (Å²) in [6, 6.07) is 0. The molecule has 0 aliphatic rings. The molecule has 0 fully saturated rings. The highest BCUT2D eigenvalue weighted by atomic mass is 35.5. The first-order chi connectivity index (χ1) is 6.29. The molecule has 2 aromatic heterocycles. The van der Waals surface area contributed by atoms with Crippen LogP contribution in [-0.4, -0.2) is 19.9 Å². The fourth-order valence-electron chi connectivity index (χ4n) is 0.959. The maximum absolute atomic E-state index is 5.84. The van der Waals surface area contributed by atoms with Gasteiger partial charge in [0.1, 0.15) is 16.6 Å². The van der Waals surface area contributed by atoms with E-state index in [2.05, 4.69) is 19.9 Å². The molecule has 2 aromatic rings. The first-order valence-corrected chi connectivity index (χ1v) is 4.19. The fraction of sp³-hybridized carbons (Fsp3) is 0. The van der Waals surface area contributed by atoms with Gasteiger partial charge in [0.15, 0.2) is 0 Å². The van der Waals surface area contributed by atoms with Gasteiger partial charge in [0.2, 0.25) is 0 Å². The molecule has 6 heteroatoms. The van der Waals surface area contributed by atoms with E-state index in [9.17, 15) is 0 Å². The molecular weight excluding hydrogens is 211 g/mol. The Morgan fingerprint density at radius 1 is 1.15 bits per heavy atom. The molecule has 0 spiro atoms. The summed E-state index contributed by atoms with van der Waals surface area (Å²) in [4.78, 5) is 14.4. The van der Waals surface area contributed by atoms with E-state index in [-0.39, 0.29) is 0 Å². The SMILES string of the molecule is Clc1ncnc(Cl)c1-c1cnc[nH]1. The molecular formula is C7H4Cl2N4. The van der Waals surface area contributed by atoms with E-state index < -0.39 is 0 Å². The van der Waals surface area contributed by atoms with Crippen LogP contribution in [0.1, 0.15) is 0 Å². The Labute approximate surface area is 84.0 Å². The van der Waals surface area contributed by atoms with Crippen LogP contribution in [-0.2, 0) is 0 Å². The predicted molar refractivity (Wildman–Crippen MR) is 49.6 cm³/mol. The minimum absolute atomic E-state index is 0.309. The summed E-state index contributed by atoms with van der Waals surface area (Å²) in [5.41, 5.74) is 1.28. The molecule has 1 N–H and O–H groups in total. The number of aromatic nitrogens is 4. The molecule has 0 atom stereocenters. The second-order valence-electron chi connectivity index (χ2n) is 2.30. The van der Waals surface area contributed by atoms with E-state index in [0.29, 0.717) is 21.6 Å². The van der Waals surface area contributed by atoms with Crippen molar-refractivity contribution in [3.8, 4) is 11.3 Å². The van der Waals surface area contributed by atoms with Crippen molar-refractivity contribution in [3.05, 3.63) is 29.2 Å². The van der Waals surface area contributed by atoms with Gasteiger partial charge in [-0.25, -0.2) is 15.0 Å². The summed E-state index contributed by atoms with van der Waals surface area (Å²) in [5.74, 6) is 0. The van der Waals surface area contributed by atoms with Crippen LogP contribution in [0.3, 0.4) is 0 Å². The van der Waals surface area contributed by atoms with Gasteiger partial charge in [0.25, 0.3) is 0 Å². The molecule has 0 amide bonds. The number of hydrogen-bond acceptors (Lipinski definition) is 3. The number of H-pyrrole nitrogens is 1. The molecule has 2 heterocycles. The molecule has 13 heavy (non-hydrogen) atoms. The Morgan fingerprint density at radius 3 is 2.38 bits per heavy atom. The van der Waals surface area contributed by atoms with Gasteiger partial charge >= 0.3 is 0 Å². The first kappa shape index (κ1) is 8.47. The number of rotatable bonds is 1. The molecule has 0 saturated heterocycles. The number of nitrogens with one attached hydrogen (secondary N) is 1. The highest BCUT2D eigenvalue weighted by Crippen LogP contribution is 2.29. The van der Waals surface area contributed by atoms with Crippen molar-refractivity contribution >= 4 is 23.2 Å². The van der Waals surface area contributed by atoms with Crippen LogP contribution in [0.25, 0.3) is 11.3 Å². The zero-order chi connectivity index (χ0) is 9.26. The van der Waals surface area contributed by atoms with E-state index in [1.165, 1.54) is 12.7 Å². The van der Waals surface area contributed by atoms with Crippen LogP contribution in [0.4, 0.5) is 0 Å². The van der Waals surface area contributed by atoms with Crippen LogP contribution >= 0.6 is 23.2 Å². The third-order valence-electron chi connectivity index (χ3n) is 1.52. The number of hydrogen-bond donors (Lipinski definition) is 1. The maximum atomic E-state index is 5.84. The molecule has 0 unspecified atom stereocenters. The molecule has 0 aromatic carbocycles. The Kier molecular flexibility index (Phi) is 2.16. The second-order valence-corrected chi connectivity index (χ2v) is 3.01. The third-order valence-corrected chi connectivity index (χ3v) is 2.10. The quantitative estimate of drug-likeness (QED) is 0.741. The lowest BCUT2D eigenvalue weighted by Crippen LogP contribution is -1.87. The summed E-state index contributed by atoms with van der Waals surface area (Å²) in [6.07, 6.45) is 4.45. The topological polar surface area (TPSA) is 54.5 Å². The van der Waals surface area contributed by atoms with Crippen LogP contribution in [0.15, 0.2) is 18.9 Å². The van der Waals surface area contributed by atoms with Crippen molar-refractivity contribution < 1.29 is 0 Å². The zero-order valence-electron chi connectivity index (χ0n) is 6.33. The number of imidazole rings is 1. The lowest BCUT2D eigenvalue weighted by Gasteiger charge is -2.00. The average molecular weight is 215 g/mol. The van der Waals surface area contributed by atoms with Gasteiger partial charge < -0.3 is 4.98 Å². The summed E-state index contributed by atoms with van der Waals surface area (Å²) >= 11 is 11.7.